The van der Waals surface area contributed by atoms with Crippen molar-refractivity contribution in [3.63, 3.8) is 0 Å². The van der Waals surface area contributed by atoms with Crippen LogP contribution in [0.1, 0.15) is 79.6 Å². The molecule has 0 aliphatic heterocycles. The number of hydrogen-bond donors (Lipinski definition) is 0. The van der Waals surface area contributed by atoms with Gasteiger partial charge in [0.15, 0.2) is 0 Å². The fourth-order valence-electron chi connectivity index (χ4n) is 4.99. The minimum atomic E-state index is 0.334. The Hall–Kier alpha value is -0.590. The van der Waals surface area contributed by atoms with Gasteiger partial charge in [0.25, 0.3) is 0 Å². The maximum atomic E-state index is 11.4. The van der Waals surface area contributed by atoms with E-state index < -0.39 is 0 Å². The molecule has 2 aliphatic carbocycles. The second-order valence-electron chi connectivity index (χ2n) is 7.81. The van der Waals surface area contributed by atoms with Crippen LogP contribution in [0.2, 0.25) is 0 Å². The van der Waals surface area contributed by atoms with Gasteiger partial charge in [-0.3, -0.25) is 0 Å². The molecule has 19 heavy (non-hydrogen) atoms. The molecule has 1 heteroatoms. The van der Waals surface area contributed by atoms with Crippen molar-refractivity contribution in [1.82, 2.24) is 0 Å². The molecule has 0 spiro atoms. The van der Waals surface area contributed by atoms with Gasteiger partial charge < -0.3 is 4.79 Å². The summed E-state index contributed by atoms with van der Waals surface area (Å²) in [5.74, 6) is 1.14. The van der Waals surface area contributed by atoms with E-state index in [1.165, 1.54) is 32.1 Å². The molecule has 0 aromatic carbocycles. The fraction of sp³-hybridized carbons (Fsp3) is 0.833. The van der Waals surface area contributed by atoms with Crippen molar-refractivity contribution in [3.05, 3.63) is 11.1 Å². The van der Waals surface area contributed by atoms with E-state index in [1.807, 2.05) is 0 Å². The number of allylic oxidation sites excluding steroid dienone is 2. The minimum Gasteiger partial charge on any atom is -0.300 e. The van der Waals surface area contributed by atoms with Crippen LogP contribution < -0.4 is 0 Å². The lowest BCUT2D eigenvalue weighted by molar-refractivity contribution is -0.117. The van der Waals surface area contributed by atoms with Gasteiger partial charge in [0.2, 0.25) is 0 Å². The van der Waals surface area contributed by atoms with Gasteiger partial charge in [0.05, 0.1) is 0 Å². The number of carbonyl (C=O) groups is 1. The van der Waals surface area contributed by atoms with Gasteiger partial charge in [-0.2, -0.15) is 0 Å². The maximum Gasteiger partial charge on any atom is 0.130 e. The predicted octanol–water partition coefficient (Wildman–Crippen LogP) is 5.30. The summed E-state index contributed by atoms with van der Waals surface area (Å²) in [4.78, 5) is 11.4. The minimum absolute atomic E-state index is 0.334. The van der Waals surface area contributed by atoms with Gasteiger partial charge in [-0.1, -0.05) is 38.3 Å². The summed E-state index contributed by atoms with van der Waals surface area (Å²) < 4.78 is 0. The molecule has 0 radical (unpaired) electrons. The second kappa shape index (κ2) is 5.07. The van der Waals surface area contributed by atoms with Gasteiger partial charge >= 0.3 is 0 Å². The molecule has 0 saturated heterocycles. The van der Waals surface area contributed by atoms with Crippen LogP contribution in [0.4, 0.5) is 0 Å². The number of hydrogen-bond acceptors (Lipinski definition) is 1. The molecule has 0 bridgehead atoms. The lowest BCUT2D eigenvalue weighted by atomic mass is 9.50. The molecule has 2 rings (SSSR count). The Balaban J connectivity index is 2.31. The van der Waals surface area contributed by atoms with Crippen molar-refractivity contribution in [2.75, 3.05) is 0 Å². The summed E-state index contributed by atoms with van der Waals surface area (Å²) in [6.07, 6.45) is 8.37. The highest BCUT2D eigenvalue weighted by molar-refractivity contribution is 5.75. The van der Waals surface area contributed by atoms with E-state index in [4.69, 9.17) is 0 Å². The van der Waals surface area contributed by atoms with E-state index in [2.05, 4.69) is 27.7 Å². The molecule has 0 aromatic heterocycles. The third-order valence-electron chi connectivity index (χ3n) is 5.97. The Labute approximate surface area is 118 Å². The zero-order valence-corrected chi connectivity index (χ0v) is 13.4. The van der Waals surface area contributed by atoms with E-state index in [0.717, 1.165) is 18.8 Å². The van der Waals surface area contributed by atoms with Crippen LogP contribution in [0, 0.1) is 16.7 Å². The molecule has 0 amide bonds. The standard InChI is InChI=1S/C18H30O/c1-13-7-10-16-17(3,4)11-6-12-18(16,5)15(13)9-8-14(2)19/h16H,6-12H2,1-5H3/t16?,18-/m1/s1. The summed E-state index contributed by atoms with van der Waals surface area (Å²) in [6, 6.07) is 0. The molecule has 1 unspecified atom stereocenters. The van der Waals surface area contributed by atoms with Gasteiger partial charge in [-0.25, -0.2) is 0 Å². The van der Waals surface area contributed by atoms with Crippen LogP contribution in [0.25, 0.3) is 0 Å². The zero-order chi connectivity index (χ0) is 14.3. The van der Waals surface area contributed by atoms with Crippen LogP contribution in [0.15, 0.2) is 11.1 Å². The topological polar surface area (TPSA) is 17.1 Å². The number of fused-ring (bicyclic) bond motifs is 1. The van der Waals surface area contributed by atoms with Crippen molar-refractivity contribution in [2.45, 2.75) is 79.6 Å². The Morgan fingerprint density at radius 3 is 2.58 bits per heavy atom. The Morgan fingerprint density at radius 2 is 1.95 bits per heavy atom. The van der Waals surface area contributed by atoms with Gasteiger partial charge in [0, 0.05) is 6.42 Å². The summed E-state index contributed by atoms with van der Waals surface area (Å²) in [7, 11) is 0. The average Bonchev–Trinajstić information content (AvgIpc) is 2.26. The second-order valence-corrected chi connectivity index (χ2v) is 7.81. The van der Waals surface area contributed by atoms with E-state index in [9.17, 15) is 4.79 Å². The van der Waals surface area contributed by atoms with Crippen molar-refractivity contribution >= 4 is 5.78 Å². The quantitative estimate of drug-likeness (QED) is 0.631. The van der Waals surface area contributed by atoms with Crippen LogP contribution in [0.5, 0.6) is 0 Å². The predicted molar refractivity (Wildman–Crippen MR) is 81.1 cm³/mol. The van der Waals surface area contributed by atoms with Gasteiger partial charge in [-0.05, 0) is 62.7 Å². The molecule has 2 atom stereocenters. The van der Waals surface area contributed by atoms with Crippen LogP contribution >= 0.6 is 0 Å². The highest BCUT2D eigenvalue weighted by atomic mass is 16.1. The van der Waals surface area contributed by atoms with Crippen molar-refractivity contribution in [3.8, 4) is 0 Å². The van der Waals surface area contributed by atoms with E-state index in [0.29, 0.717) is 16.6 Å². The molecule has 0 N–H and O–H groups in total. The molecular formula is C18H30O. The fourth-order valence-corrected chi connectivity index (χ4v) is 4.99. The lowest BCUT2D eigenvalue weighted by Gasteiger charge is -2.55. The molecule has 0 aromatic rings. The first kappa shape index (κ1) is 14.8. The first-order valence-electron chi connectivity index (χ1n) is 7.96. The molecule has 1 fully saturated rings. The third kappa shape index (κ3) is 2.66. The van der Waals surface area contributed by atoms with Crippen molar-refractivity contribution < 1.29 is 4.79 Å². The Morgan fingerprint density at radius 1 is 1.26 bits per heavy atom. The first-order valence-corrected chi connectivity index (χ1v) is 7.96. The maximum absolute atomic E-state index is 11.4. The Kier molecular flexibility index (Phi) is 3.95. The smallest absolute Gasteiger partial charge is 0.130 e. The summed E-state index contributed by atoms with van der Waals surface area (Å²) in [5.41, 5.74) is 4.04. The van der Waals surface area contributed by atoms with Crippen LogP contribution in [0.3, 0.4) is 0 Å². The SMILES string of the molecule is CC(=O)CCC1=C(C)CCC2C(C)(C)CCC[C@]12C. The number of ketones is 1. The lowest BCUT2D eigenvalue weighted by Crippen LogP contribution is -2.45. The van der Waals surface area contributed by atoms with Crippen LogP contribution in [-0.4, -0.2) is 5.78 Å². The summed E-state index contributed by atoms with van der Waals surface area (Å²) >= 11 is 0. The number of rotatable bonds is 3. The summed E-state index contributed by atoms with van der Waals surface area (Å²) in [6.45, 7) is 11.4. The van der Waals surface area contributed by atoms with Crippen molar-refractivity contribution in [2.24, 2.45) is 16.7 Å². The largest absolute Gasteiger partial charge is 0.300 e. The third-order valence-corrected chi connectivity index (χ3v) is 5.97. The number of carbonyl (C=O) groups excluding carboxylic acids is 1. The molecule has 0 heterocycles. The first-order chi connectivity index (χ1) is 8.77. The average molecular weight is 262 g/mol. The molecular weight excluding hydrogens is 232 g/mol. The van der Waals surface area contributed by atoms with Crippen LogP contribution in [-0.2, 0) is 4.79 Å². The molecule has 108 valence electrons. The highest BCUT2D eigenvalue weighted by Gasteiger charge is 2.49. The van der Waals surface area contributed by atoms with E-state index in [1.54, 1.807) is 18.1 Å². The molecule has 2 aliphatic rings. The highest BCUT2D eigenvalue weighted by Crippen LogP contribution is 2.60. The van der Waals surface area contributed by atoms with E-state index in [-0.39, 0.29) is 0 Å². The zero-order valence-electron chi connectivity index (χ0n) is 13.4. The monoisotopic (exact) mass is 262 g/mol. The molecule has 1 nitrogen and oxygen atoms in total. The molecule has 1 saturated carbocycles. The Bertz CT molecular complexity index is 402. The van der Waals surface area contributed by atoms with E-state index >= 15 is 0 Å². The van der Waals surface area contributed by atoms with Crippen molar-refractivity contribution in [1.29, 1.82) is 0 Å². The number of Topliss-reactive ketones (excluding diaryl/α,β-unsaturated/α-hetero) is 1. The van der Waals surface area contributed by atoms with Gasteiger partial charge in [-0.15, -0.1) is 0 Å². The normalized spacial score (nSPS) is 34.1. The summed E-state index contributed by atoms with van der Waals surface area (Å²) in [5, 5.41) is 0. The van der Waals surface area contributed by atoms with Gasteiger partial charge in [0.1, 0.15) is 5.78 Å².